The van der Waals surface area contributed by atoms with E-state index in [2.05, 4.69) is 4.98 Å². The predicted molar refractivity (Wildman–Crippen MR) is 83.9 cm³/mol. The number of nitrogens with zero attached hydrogens (tertiary/aromatic N) is 3. The topological polar surface area (TPSA) is 129 Å². The number of aromatic nitrogens is 1. The summed E-state index contributed by atoms with van der Waals surface area (Å²) in [5, 5.41) is 10.7. The molecule has 0 atom stereocenters. The smallest absolute Gasteiger partial charge is 0.288 e. The van der Waals surface area contributed by atoms with Crippen LogP contribution in [0, 0.1) is 10.1 Å². The maximum Gasteiger partial charge on any atom is 0.288 e. The van der Waals surface area contributed by atoms with Gasteiger partial charge in [-0.15, -0.1) is 0 Å². The minimum absolute atomic E-state index is 0.153. The van der Waals surface area contributed by atoms with Gasteiger partial charge in [0.25, 0.3) is 17.5 Å². The highest BCUT2D eigenvalue weighted by atomic mass is 16.6. The van der Waals surface area contributed by atoms with E-state index >= 15 is 0 Å². The molecule has 0 aliphatic carbocycles. The Hall–Kier alpha value is -3.49. The van der Waals surface area contributed by atoms with Gasteiger partial charge in [-0.3, -0.25) is 19.7 Å². The van der Waals surface area contributed by atoms with Crippen LogP contribution in [0.5, 0.6) is 11.6 Å². The van der Waals surface area contributed by atoms with Crippen LogP contribution in [0.2, 0.25) is 0 Å². The second-order valence-corrected chi connectivity index (χ2v) is 4.99. The molecule has 1 heterocycles. The van der Waals surface area contributed by atoms with Crippen LogP contribution in [0.1, 0.15) is 20.7 Å². The molecule has 0 radical (unpaired) electrons. The largest absolute Gasteiger partial charge is 0.438 e. The maximum atomic E-state index is 11.8. The lowest BCUT2D eigenvalue weighted by molar-refractivity contribution is -0.385. The van der Waals surface area contributed by atoms with E-state index in [1.54, 1.807) is 26.2 Å². The summed E-state index contributed by atoms with van der Waals surface area (Å²) in [6.45, 7) is 0. The third kappa shape index (κ3) is 3.64. The third-order valence-corrected chi connectivity index (χ3v) is 3.03. The van der Waals surface area contributed by atoms with Crippen molar-refractivity contribution in [3.8, 4) is 11.6 Å². The molecule has 2 aromatic rings. The summed E-state index contributed by atoms with van der Waals surface area (Å²) in [6.07, 6.45) is 0.964. The molecule has 0 aliphatic heterocycles. The molecule has 0 saturated heterocycles. The van der Waals surface area contributed by atoms with Crippen LogP contribution in [0.3, 0.4) is 0 Å². The highest BCUT2D eigenvalue weighted by molar-refractivity contribution is 5.96. The van der Waals surface area contributed by atoms with Gasteiger partial charge in [0.15, 0.2) is 0 Å². The summed E-state index contributed by atoms with van der Waals surface area (Å²) in [7, 11) is 3.26. The molecule has 0 aliphatic rings. The van der Waals surface area contributed by atoms with E-state index < -0.39 is 10.8 Å². The van der Waals surface area contributed by atoms with Crippen LogP contribution in [-0.2, 0) is 0 Å². The molecule has 9 nitrogen and oxygen atoms in total. The monoisotopic (exact) mass is 330 g/mol. The molecule has 124 valence electrons. The number of amides is 2. The summed E-state index contributed by atoms with van der Waals surface area (Å²) < 4.78 is 5.44. The molecule has 24 heavy (non-hydrogen) atoms. The summed E-state index contributed by atoms with van der Waals surface area (Å²) >= 11 is 0. The van der Waals surface area contributed by atoms with E-state index in [0.717, 1.165) is 12.3 Å². The second kappa shape index (κ2) is 6.73. The highest BCUT2D eigenvalue weighted by Gasteiger charge is 2.18. The lowest BCUT2D eigenvalue weighted by Crippen LogP contribution is -2.21. The average Bonchev–Trinajstić information content (AvgIpc) is 2.54. The van der Waals surface area contributed by atoms with Crippen molar-refractivity contribution in [3.63, 3.8) is 0 Å². The van der Waals surface area contributed by atoms with Crippen molar-refractivity contribution in [2.24, 2.45) is 5.73 Å². The first-order chi connectivity index (χ1) is 11.3. The molecule has 2 rings (SSSR count). The van der Waals surface area contributed by atoms with Crippen molar-refractivity contribution < 1.29 is 19.2 Å². The second-order valence-electron chi connectivity index (χ2n) is 4.99. The molecule has 0 fully saturated rings. The minimum atomic E-state index is -0.902. The Balaban J connectivity index is 2.29. The zero-order valence-corrected chi connectivity index (χ0v) is 12.9. The molecule has 1 aromatic carbocycles. The molecular formula is C15H14N4O5. The number of hydrogen-bond acceptors (Lipinski definition) is 6. The van der Waals surface area contributed by atoms with Gasteiger partial charge in [-0.25, -0.2) is 4.98 Å². The van der Waals surface area contributed by atoms with Crippen molar-refractivity contribution in [1.82, 2.24) is 9.88 Å². The molecule has 0 unspecified atom stereocenters. The van der Waals surface area contributed by atoms with Crippen molar-refractivity contribution in [1.29, 1.82) is 0 Å². The van der Waals surface area contributed by atoms with Crippen LogP contribution < -0.4 is 10.5 Å². The Morgan fingerprint density at radius 2 is 1.88 bits per heavy atom. The van der Waals surface area contributed by atoms with Crippen LogP contribution in [0.4, 0.5) is 5.69 Å². The van der Waals surface area contributed by atoms with Crippen molar-refractivity contribution >= 4 is 17.5 Å². The molecule has 2 N–H and O–H groups in total. The van der Waals surface area contributed by atoms with E-state index in [-0.39, 0.29) is 23.0 Å². The first-order valence-corrected chi connectivity index (χ1v) is 6.73. The van der Waals surface area contributed by atoms with Gasteiger partial charge in [-0.05, 0) is 24.3 Å². The molecule has 9 heteroatoms. The zero-order valence-electron chi connectivity index (χ0n) is 12.9. The molecule has 0 saturated carbocycles. The van der Waals surface area contributed by atoms with Crippen molar-refractivity contribution in [3.05, 3.63) is 57.8 Å². The first kappa shape index (κ1) is 16.9. The van der Waals surface area contributed by atoms with Gasteiger partial charge in [0.2, 0.25) is 5.88 Å². The molecule has 0 bridgehead atoms. The van der Waals surface area contributed by atoms with Crippen LogP contribution >= 0.6 is 0 Å². The Bertz CT molecular complexity index is 802. The maximum absolute atomic E-state index is 11.8. The number of carbonyl (C=O) groups is 2. The lowest BCUT2D eigenvalue weighted by atomic mass is 10.2. The minimum Gasteiger partial charge on any atom is -0.438 e. The van der Waals surface area contributed by atoms with Gasteiger partial charge in [0.05, 0.1) is 4.92 Å². The number of nitrogens with two attached hydrogens (primary N) is 1. The molecule has 1 aromatic heterocycles. The number of nitro groups is 1. The Kier molecular flexibility index (Phi) is 4.73. The Labute approximate surface area is 136 Å². The number of rotatable bonds is 5. The summed E-state index contributed by atoms with van der Waals surface area (Å²) in [5.74, 6) is -0.928. The Morgan fingerprint density at radius 3 is 2.38 bits per heavy atom. The Morgan fingerprint density at radius 1 is 1.25 bits per heavy atom. The quantitative estimate of drug-likeness (QED) is 0.654. The number of carbonyl (C=O) groups excluding carboxylic acids is 2. The standard InChI is InChI=1S/C15H14N4O5/c1-18(2)15(21)9-3-5-11(6-4-9)24-14-12(13(16)20)7-10(8-17-14)19(22)23/h3-8H,1-2H3,(H2,16,20). The number of ether oxygens (including phenoxy) is 1. The van der Waals surface area contributed by atoms with Gasteiger partial charge in [-0.1, -0.05) is 0 Å². The summed E-state index contributed by atoms with van der Waals surface area (Å²) in [5.41, 5.74) is 5.08. The van der Waals surface area contributed by atoms with Crippen LogP contribution in [-0.4, -0.2) is 40.7 Å². The summed E-state index contributed by atoms with van der Waals surface area (Å²) in [4.78, 5) is 38.5. The zero-order chi connectivity index (χ0) is 17.9. The fraction of sp³-hybridized carbons (Fsp3) is 0.133. The van der Waals surface area contributed by atoms with Crippen molar-refractivity contribution in [2.45, 2.75) is 0 Å². The van der Waals surface area contributed by atoms with E-state index in [9.17, 15) is 19.7 Å². The fourth-order valence-electron chi connectivity index (χ4n) is 1.83. The number of pyridine rings is 1. The van der Waals surface area contributed by atoms with E-state index in [0.29, 0.717) is 11.3 Å². The predicted octanol–water partition coefficient (Wildman–Crippen LogP) is 1.58. The van der Waals surface area contributed by atoms with Crippen LogP contribution in [0.15, 0.2) is 36.5 Å². The molecule has 0 spiro atoms. The van der Waals surface area contributed by atoms with E-state index in [1.165, 1.54) is 17.0 Å². The fourth-order valence-corrected chi connectivity index (χ4v) is 1.83. The SMILES string of the molecule is CN(C)C(=O)c1ccc(Oc2ncc([N+](=O)[O-])cc2C(N)=O)cc1. The van der Waals surface area contributed by atoms with Gasteiger partial charge in [-0.2, -0.15) is 0 Å². The molecular weight excluding hydrogens is 316 g/mol. The normalized spacial score (nSPS) is 10.1. The van der Waals surface area contributed by atoms with E-state index in [4.69, 9.17) is 10.5 Å². The molecule has 2 amide bonds. The number of benzene rings is 1. The van der Waals surface area contributed by atoms with Crippen LogP contribution in [0.25, 0.3) is 0 Å². The number of primary amides is 1. The van der Waals surface area contributed by atoms with Gasteiger partial charge >= 0.3 is 0 Å². The van der Waals surface area contributed by atoms with Crippen molar-refractivity contribution in [2.75, 3.05) is 14.1 Å². The van der Waals surface area contributed by atoms with Gasteiger partial charge in [0, 0.05) is 25.7 Å². The average molecular weight is 330 g/mol. The van der Waals surface area contributed by atoms with Gasteiger partial charge < -0.3 is 15.4 Å². The highest BCUT2D eigenvalue weighted by Crippen LogP contribution is 2.26. The van der Waals surface area contributed by atoms with E-state index in [1.807, 2.05) is 0 Å². The van der Waals surface area contributed by atoms with Gasteiger partial charge in [0.1, 0.15) is 17.5 Å². The number of hydrogen-bond donors (Lipinski definition) is 1. The third-order valence-electron chi connectivity index (χ3n) is 3.03. The lowest BCUT2D eigenvalue weighted by Gasteiger charge is -2.11. The summed E-state index contributed by atoms with van der Waals surface area (Å²) in [6, 6.07) is 7.13. The first-order valence-electron chi connectivity index (χ1n) is 6.73.